The molecule has 1 N–H and O–H groups in total. The second-order valence-electron chi connectivity index (χ2n) is 23.0. The number of alkyl halides is 3. The number of rotatable bonds is 15. The Morgan fingerprint density at radius 3 is 1.85 bits per heavy atom. The summed E-state index contributed by atoms with van der Waals surface area (Å²) in [5.74, 6) is -0.435. The molecule has 3 aromatic rings. The van der Waals surface area contributed by atoms with E-state index in [4.69, 9.17) is 46.1 Å². The van der Waals surface area contributed by atoms with Crippen LogP contribution in [0.15, 0.2) is 69.6 Å². The van der Waals surface area contributed by atoms with Crippen LogP contribution in [0.2, 0.25) is 22.2 Å². The Kier molecular flexibility index (Phi) is 18.1. The molecule has 0 bridgehead atoms. The van der Waals surface area contributed by atoms with Crippen LogP contribution in [0.5, 0.6) is 11.5 Å². The first-order chi connectivity index (χ1) is 35.3. The number of fused-ring (bicyclic) bond motifs is 3. The van der Waals surface area contributed by atoms with Gasteiger partial charge in [-0.05, 0) is 107 Å². The van der Waals surface area contributed by atoms with Crippen molar-refractivity contribution in [2.75, 3.05) is 26.9 Å². The van der Waals surface area contributed by atoms with Gasteiger partial charge in [-0.25, -0.2) is 4.79 Å². The van der Waals surface area contributed by atoms with Crippen molar-refractivity contribution < 1.29 is 69.2 Å². The Bertz CT molecular complexity index is 2400. The summed E-state index contributed by atoms with van der Waals surface area (Å²) < 4.78 is 117. The number of ether oxygens (including phenoxy) is 7. The van der Waals surface area contributed by atoms with Crippen LogP contribution in [-0.4, -0.2) is 104 Å². The predicted octanol–water partition coefficient (Wildman–Crippen LogP) is 13.6. The Morgan fingerprint density at radius 1 is 0.773 bits per heavy atom. The number of hydrogen-bond donors (Lipinski definition) is 1. The zero-order valence-electron chi connectivity index (χ0n) is 45.3. The molecule has 0 unspecified atom stereocenters. The first-order valence-electron chi connectivity index (χ1n) is 26.8. The molecule has 75 heavy (non-hydrogen) atoms. The summed E-state index contributed by atoms with van der Waals surface area (Å²) >= 11 is 7.32. The monoisotopic (exact) mass is 1210 g/mol. The summed E-state index contributed by atoms with van der Waals surface area (Å²) in [6.07, 6.45) is -10.2. The van der Waals surface area contributed by atoms with Gasteiger partial charge in [0.25, 0.3) is 0 Å². The van der Waals surface area contributed by atoms with Crippen LogP contribution in [0.1, 0.15) is 131 Å². The Hall–Kier alpha value is -2.25. The molecule has 12 nitrogen and oxygen atoms in total. The average Bonchev–Trinajstić information content (AvgIpc) is 3.54. The van der Waals surface area contributed by atoms with E-state index in [2.05, 4.69) is 108 Å². The Labute approximate surface area is 460 Å². The molecule has 3 aromatic carbocycles. The van der Waals surface area contributed by atoms with E-state index in [0.29, 0.717) is 43.4 Å². The number of carbonyl (C=O) groups is 1. The standard InChI is InChI=1S/C56H77Br2F3O12Si2/c1-31(2)41-19-16-36(11)26-46(41)66-30-47(62)68-51-49(69-54(64-12)22-24-65-25-23-54)48(63)50(52-53(51)72-75(34(7)8,35(9)10)73-74(71-52,32(3)4)33(5)6)70-55(37-14-13-15-38(27-37)56(59,60)61)42-28-39(57)17-20-44(42)67-45-21-18-40(58)29-43(45)55/h13-15,17-18,20-21,27-29,31-36,41,46,48-53,63H,16,19,22-26,30H2,1-12H3/t36-,41+,46-,48-,49+,50+,51+,52-,53-/m1/s1. The van der Waals surface area contributed by atoms with E-state index in [1.807, 2.05) is 0 Å². The van der Waals surface area contributed by atoms with Gasteiger partial charge >= 0.3 is 29.3 Å². The number of aliphatic hydroxyl groups is 1. The van der Waals surface area contributed by atoms with E-state index in [1.54, 1.807) is 42.5 Å². The lowest BCUT2D eigenvalue weighted by atomic mass is 9.75. The van der Waals surface area contributed by atoms with Crippen molar-refractivity contribution in [1.29, 1.82) is 0 Å². The molecular formula is C56H77Br2F3O12Si2. The zero-order valence-corrected chi connectivity index (χ0v) is 50.5. The van der Waals surface area contributed by atoms with Gasteiger partial charge in [0.1, 0.15) is 48.6 Å². The second kappa shape index (κ2) is 23.1. The first-order valence-corrected chi connectivity index (χ1v) is 32.3. The summed E-state index contributed by atoms with van der Waals surface area (Å²) in [5, 5.41) is 13.8. The van der Waals surface area contributed by atoms with Crippen molar-refractivity contribution in [3.8, 4) is 11.5 Å². The van der Waals surface area contributed by atoms with Crippen molar-refractivity contribution >= 4 is 55.0 Å². The van der Waals surface area contributed by atoms with Crippen LogP contribution in [0.4, 0.5) is 13.2 Å². The highest BCUT2D eigenvalue weighted by atomic mass is 79.9. The summed E-state index contributed by atoms with van der Waals surface area (Å²) in [6.45, 7) is 23.3. The molecule has 2 saturated carbocycles. The minimum absolute atomic E-state index is 0.0934. The highest BCUT2D eigenvalue weighted by molar-refractivity contribution is 9.10. The zero-order chi connectivity index (χ0) is 54.6. The Balaban J connectivity index is 1.39. The maximum atomic E-state index is 15.1. The third-order valence-corrected chi connectivity index (χ3v) is 27.8. The smallest absolute Gasteiger partial charge is 0.416 e. The van der Waals surface area contributed by atoms with Crippen molar-refractivity contribution in [2.45, 2.75) is 191 Å². The van der Waals surface area contributed by atoms with Gasteiger partial charge in [-0.15, -0.1) is 0 Å². The van der Waals surface area contributed by atoms with Crippen molar-refractivity contribution in [1.82, 2.24) is 0 Å². The predicted molar refractivity (Wildman–Crippen MR) is 289 cm³/mol. The van der Waals surface area contributed by atoms with E-state index in [1.165, 1.54) is 13.2 Å². The summed E-state index contributed by atoms with van der Waals surface area (Å²) in [5.41, 5.74) is -2.88. The molecule has 0 radical (unpaired) electrons. The van der Waals surface area contributed by atoms with Crippen LogP contribution in [-0.2, 0) is 58.0 Å². The largest absolute Gasteiger partial charge is 0.457 e. The van der Waals surface area contributed by atoms with Crippen molar-refractivity contribution in [2.24, 2.45) is 17.8 Å². The number of carbonyl (C=O) groups excluding carboxylic acids is 1. The highest BCUT2D eigenvalue weighted by Gasteiger charge is 2.68. The molecule has 0 aromatic heterocycles. The minimum atomic E-state index is -4.75. The topological polar surface area (TPSA) is 130 Å². The lowest BCUT2D eigenvalue weighted by Gasteiger charge is -2.54. The third-order valence-electron chi connectivity index (χ3n) is 16.5. The van der Waals surface area contributed by atoms with E-state index < -0.39 is 82.8 Å². The Morgan fingerprint density at radius 2 is 1.33 bits per heavy atom. The van der Waals surface area contributed by atoms with Gasteiger partial charge in [-0.2, -0.15) is 13.2 Å². The number of hydrogen-bond acceptors (Lipinski definition) is 12. The van der Waals surface area contributed by atoms with Crippen molar-refractivity contribution in [3.63, 3.8) is 0 Å². The van der Waals surface area contributed by atoms with Crippen LogP contribution < -0.4 is 4.74 Å². The van der Waals surface area contributed by atoms with Crippen LogP contribution in [0, 0.1) is 17.8 Å². The van der Waals surface area contributed by atoms with Gasteiger partial charge in [0, 0.05) is 40.0 Å². The number of benzene rings is 3. The molecule has 0 spiro atoms. The number of methoxy groups -OCH3 is 1. The fourth-order valence-electron chi connectivity index (χ4n) is 12.5. The molecule has 2 saturated heterocycles. The number of aliphatic hydroxyl groups excluding tert-OH is 1. The van der Waals surface area contributed by atoms with Gasteiger partial charge in [-0.3, -0.25) is 0 Å². The van der Waals surface area contributed by atoms with Crippen LogP contribution >= 0.6 is 31.9 Å². The number of halogens is 5. The average molecular weight is 1220 g/mol. The lowest BCUT2D eigenvalue weighted by molar-refractivity contribution is -0.333. The molecule has 4 fully saturated rings. The first kappa shape index (κ1) is 58.9. The van der Waals surface area contributed by atoms with E-state index in [0.717, 1.165) is 31.4 Å². The van der Waals surface area contributed by atoms with Crippen molar-refractivity contribution in [3.05, 3.63) is 91.9 Å². The quantitative estimate of drug-likeness (QED) is 0.0883. The van der Waals surface area contributed by atoms with Crippen LogP contribution in [0.3, 0.4) is 0 Å². The highest BCUT2D eigenvalue weighted by Crippen LogP contribution is 2.58. The molecule has 3 heterocycles. The maximum absolute atomic E-state index is 15.1. The molecule has 9 atom stereocenters. The SMILES string of the molecule is COC1(O[C@H]2[C@@H](O)[C@H](OC3(c4cccc(C(F)(F)F)c4)c4cc(Br)ccc4Oc4ccc(Br)cc43)[C@H]3O[Si](C(C)C)(C(C)C)O[Si](C(C)C)(C(C)C)O[C@@H]3[C@H]2OC(=O)CO[C@@H]2C[C@H](C)CC[C@H]2C(C)C)CCOCC1. The normalized spacial score (nSPS) is 29.1. The van der Waals surface area contributed by atoms with Crippen LogP contribution in [0.25, 0.3) is 0 Å². The fraction of sp³-hybridized carbons (Fsp3) is 0.661. The van der Waals surface area contributed by atoms with Gasteiger partial charge in [0.05, 0.1) is 24.9 Å². The fourth-order valence-corrected chi connectivity index (χ4v) is 24.5. The molecule has 5 aliphatic rings. The summed E-state index contributed by atoms with van der Waals surface area (Å²) in [6, 6.07) is 15.6. The molecule has 2 aliphatic carbocycles. The van der Waals surface area contributed by atoms with Gasteiger partial charge in [0.2, 0.25) is 0 Å². The molecule has 0 amide bonds. The molecule has 416 valence electrons. The van der Waals surface area contributed by atoms with Gasteiger partial charge < -0.3 is 51.2 Å². The van der Waals surface area contributed by atoms with E-state index in [-0.39, 0.29) is 72.4 Å². The molecule has 3 aliphatic heterocycles. The van der Waals surface area contributed by atoms with E-state index in [9.17, 15) is 9.90 Å². The second-order valence-corrected chi connectivity index (χ2v) is 33.6. The number of esters is 1. The molecule has 8 rings (SSSR count). The lowest BCUT2D eigenvalue weighted by Crippen LogP contribution is -2.71. The maximum Gasteiger partial charge on any atom is 0.416 e. The van der Waals surface area contributed by atoms with Gasteiger partial charge in [-0.1, -0.05) is 127 Å². The minimum Gasteiger partial charge on any atom is -0.457 e. The third kappa shape index (κ3) is 11.4. The molecular weight excluding hydrogens is 1140 g/mol. The van der Waals surface area contributed by atoms with Gasteiger partial charge in [0.15, 0.2) is 17.5 Å². The molecule has 19 heteroatoms. The summed E-state index contributed by atoms with van der Waals surface area (Å²) in [4.78, 5) is 14.8. The summed E-state index contributed by atoms with van der Waals surface area (Å²) in [7, 11) is -5.64. The van der Waals surface area contributed by atoms with E-state index >= 15 is 13.2 Å².